The van der Waals surface area contributed by atoms with E-state index >= 15 is 0 Å². The molecule has 23 heavy (non-hydrogen) atoms. The maximum atomic E-state index is 13.8. The smallest absolute Gasteiger partial charge is 0.257 e. The zero-order chi connectivity index (χ0) is 15.7. The summed E-state index contributed by atoms with van der Waals surface area (Å²) in [5.74, 6) is -0.218. The molecule has 0 unspecified atom stereocenters. The molecule has 1 saturated heterocycles. The van der Waals surface area contributed by atoms with Crippen molar-refractivity contribution in [3.05, 3.63) is 47.5 Å². The number of aryl methyl sites for hydroxylation is 2. The van der Waals surface area contributed by atoms with E-state index in [0.29, 0.717) is 37.4 Å². The number of rotatable bonds is 2. The lowest BCUT2D eigenvalue weighted by atomic mass is 10.2. The number of aromatic nitrogens is 2. The molecule has 7 heteroatoms. The van der Waals surface area contributed by atoms with E-state index in [1.807, 2.05) is 17.9 Å². The molecule has 2 aromatic rings. The molecule has 0 atom stereocenters. The van der Waals surface area contributed by atoms with Gasteiger partial charge in [-0.15, -0.1) is 12.4 Å². The Morgan fingerprint density at radius 3 is 2.39 bits per heavy atom. The fraction of sp³-hybridized carbons (Fsp3) is 0.375. The second-order valence-corrected chi connectivity index (χ2v) is 5.53. The fourth-order valence-corrected chi connectivity index (χ4v) is 2.84. The predicted molar refractivity (Wildman–Crippen MR) is 89.7 cm³/mol. The predicted octanol–water partition coefficient (Wildman–Crippen LogP) is 2.25. The number of carbonyl (C=O) groups excluding carboxylic acids is 1. The number of nitrogens with zero attached hydrogens (tertiary/aromatic N) is 4. The summed E-state index contributed by atoms with van der Waals surface area (Å²) in [7, 11) is 1.81. The lowest BCUT2D eigenvalue weighted by Gasteiger charge is -2.36. The molecule has 0 radical (unpaired) electrons. The number of halogens is 2. The molecule has 0 bridgehead atoms. The Hall–Kier alpha value is -2.08. The topological polar surface area (TPSA) is 41.4 Å². The van der Waals surface area contributed by atoms with Gasteiger partial charge >= 0.3 is 0 Å². The first-order chi connectivity index (χ1) is 10.6. The Kier molecular flexibility index (Phi) is 5.26. The minimum absolute atomic E-state index is 0. The van der Waals surface area contributed by atoms with Gasteiger partial charge in [0, 0.05) is 39.4 Å². The highest BCUT2D eigenvalue weighted by molar-refractivity contribution is 5.95. The van der Waals surface area contributed by atoms with Crippen LogP contribution < -0.4 is 4.90 Å². The van der Waals surface area contributed by atoms with Crippen LogP contribution in [0.5, 0.6) is 0 Å². The van der Waals surface area contributed by atoms with Crippen LogP contribution in [0.4, 0.5) is 10.1 Å². The summed E-state index contributed by atoms with van der Waals surface area (Å²) >= 11 is 0. The summed E-state index contributed by atoms with van der Waals surface area (Å²) in [5.41, 5.74) is 1.98. The minimum atomic E-state index is -0.217. The molecule has 124 valence electrons. The third kappa shape index (κ3) is 3.47. The molecular formula is C16H20ClFN4O. The van der Waals surface area contributed by atoms with Crippen molar-refractivity contribution in [3.63, 3.8) is 0 Å². The fourth-order valence-electron chi connectivity index (χ4n) is 2.84. The molecule has 1 aromatic heterocycles. The van der Waals surface area contributed by atoms with Crippen molar-refractivity contribution in [2.75, 3.05) is 31.1 Å². The maximum Gasteiger partial charge on any atom is 0.257 e. The number of para-hydroxylation sites is 1. The van der Waals surface area contributed by atoms with E-state index in [1.54, 1.807) is 35.0 Å². The van der Waals surface area contributed by atoms with Crippen LogP contribution in [0.3, 0.4) is 0 Å². The van der Waals surface area contributed by atoms with Crippen molar-refractivity contribution < 1.29 is 9.18 Å². The summed E-state index contributed by atoms with van der Waals surface area (Å²) in [4.78, 5) is 16.3. The molecule has 3 rings (SSSR count). The number of hydrogen-bond acceptors (Lipinski definition) is 3. The van der Waals surface area contributed by atoms with Crippen molar-refractivity contribution >= 4 is 24.0 Å². The van der Waals surface area contributed by atoms with E-state index < -0.39 is 0 Å². The standard InChI is InChI=1S/C16H19FN4O.ClH/c1-12-13(11-19(2)18-12)16(22)21-9-7-20(8-10-21)15-6-4-3-5-14(15)17;/h3-6,11H,7-10H2,1-2H3;1H. The molecule has 2 heterocycles. The van der Waals surface area contributed by atoms with E-state index in [4.69, 9.17) is 0 Å². The van der Waals surface area contributed by atoms with Gasteiger partial charge < -0.3 is 9.80 Å². The van der Waals surface area contributed by atoms with Crippen molar-refractivity contribution in [1.29, 1.82) is 0 Å². The molecule has 0 spiro atoms. The Morgan fingerprint density at radius 1 is 1.17 bits per heavy atom. The average molecular weight is 339 g/mol. The highest BCUT2D eigenvalue weighted by Gasteiger charge is 2.25. The highest BCUT2D eigenvalue weighted by atomic mass is 35.5. The minimum Gasteiger partial charge on any atom is -0.366 e. The molecule has 1 aliphatic heterocycles. The van der Waals surface area contributed by atoms with Gasteiger partial charge in [0.2, 0.25) is 0 Å². The zero-order valence-electron chi connectivity index (χ0n) is 13.2. The number of amides is 1. The Labute approximate surface area is 141 Å². The number of benzene rings is 1. The van der Waals surface area contributed by atoms with Crippen molar-refractivity contribution in [1.82, 2.24) is 14.7 Å². The van der Waals surface area contributed by atoms with Crippen molar-refractivity contribution in [3.8, 4) is 0 Å². The summed E-state index contributed by atoms with van der Waals surface area (Å²) in [6.07, 6.45) is 1.75. The summed E-state index contributed by atoms with van der Waals surface area (Å²) in [5, 5.41) is 4.21. The largest absolute Gasteiger partial charge is 0.366 e. The van der Waals surface area contributed by atoms with Crippen LogP contribution in [0.15, 0.2) is 30.5 Å². The third-order valence-corrected chi connectivity index (χ3v) is 4.00. The highest BCUT2D eigenvalue weighted by Crippen LogP contribution is 2.21. The normalized spacial score (nSPS) is 14.6. The van der Waals surface area contributed by atoms with Gasteiger partial charge in [0.25, 0.3) is 5.91 Å². The van der Waals surface area contributed by atoms with Crippen molar-refractivity contribution in [2.45, 2.75) is 6.92 Å². The second-order valence-electron chi connectivity index (χ2n) is 5.53. The number of carbonyl (C=O) groups is 1. The zero-order valence-corrected chi connectivity index (χ0v) is 14.0. The lowest BCUT2D eigenvalue weighted by Crippen LogP contribution is -2.49. The van der Waals surface area contributed by atoms with Gasteiger partial charge in [-0.3, -0.25) is 9.48 Å². The number of hydrogen-bond donors (Lipinski definition) is 0. The Morgan fingerprint density at radius 2 is 1.83 bits per heavy atom. The van der Waals surface area contributed by atoms with E-state index in [0.717, 1.165) is 5.69 Å². The van der Waals surface area contributed by atoms with Crippen LogP contribution in [-0.2, 0) is 7.05 Å². The van der Waals surface area contributed by atoms with Crippen LogP contribution in [-0.4, -0.2) is 46.8 Å². The number of piperazine rings is 1. The van der Waals surface area contributed by atoms with Gasteiger partial charge in [-0.25, -0.2) is 4.39 Å². The quantitative estimate of drug-likeness (QED) is 0.843. The van der Waals surface area contributed by atoms with Gasteiger partial charge in [-0.05, 0) is 19.1 Å². The molecule has 1 aliphatic rings. The monoisotopic (exact) mass is 338 g/mol. The van der Waals surface area contributed by atoms with Gasteiger partial charge in [-0.2, -0.15) is 5.10 Å². The molecule has 0 N–H and O–H groups in total. The molecule has 1 fully saturated rings. The molecule has 5 nitrogen and oxygen atoms in total. The summed E-state index contributed by atoms with van der Waals surface area (Å²) < 4.78 is 15.5. The van der Waals surface area contributed by atoms with E-state index in [1.165, 1.54) is 6.07 Å². The van der Waals surface area contributed by atoms with Crippen molar-refractivity contribution in [2.24, 2.45) is 7.05 Å². The van der Waals surface area contributed by atoms with Crippen LogP contribution in [0.25, 0.3) is 0 Å². The van der Waals surface area contributed by atoms with E-state index in [2.05, 4.69) is 5.10 Å². The van der Waals surface area contributed by atoms with Gasteiger partial charge in [0.05, 0.1) is 16.9 Å². The number of anilines is 1. The maximum absolute atomic E-state index is 13.8. The van der Waals surface area contributed by atoms with Crippen LogP contribution >= 0.6 is 12.4 Å². The second kappa shape index (κ2) is 7.00. The lowest BCUT2D eigenvalue weighted by molar-refractivity contribution is 0.0746. The molecule has 1 aromatic carbocycles. The van der Waals surface area contributed by atoms with Crippen LogP contribution in [0.1, 0.15) is 16.1 Å². The first-order valence-electron chi connectivity index (χ1n) is 7.35. The molecule has 0 aliphatic carbocycles. The first-order valence-corrected chi connectivity index (χ1v) is 7.35. The van der Waals surface area contributed by atoms with Gasteiger partial charge in [-0.1, -0.05) is 12.1 Å². The van der Waals surface area contributed by atoms with Gasteiger partial charge in [0.15, 0.2) is 0 Å². The van der Waals surface area contributed by atoms with Crippen LogP contribution in [0, 0.1) is 12.7 Å². The molecule has 1 amide bonds. The SMILES string of the molecule is Cc1nn(C)cc1C(=O)N1CCN(c2ccccc2F)CC1.Cl. The van der Waals surface area contributed by atoms with E-state index in [9.17, 15) is 9.18 Å². The summed E-state index contributed by atoms with van der Waals surface area (Å²) in [6, 6.07) is 6.75. The average Bonchev–Trinajstić information content (AvgIpc) is 2.86. The molecule has 0 saturated carbocycles. The summed E-state index contributed by atoms with van der Waals surface area (Å²) in [6.45, 7) is 4.27. The molecular weight excluding hydrogens is 319 g/mol. The first kappa shape index (κ1) is 17.3. The third-order valence-electron chi connectivity index (χ3n) is 4.00. The van der Waals surface area contributed by atoms with Gasteiger partial charge in [0.1, 0.15) is 5.82 Å². The van der Waals surface area contributed by atoms with E-state index in [-0.39, 0.29) is 24.1 Å². The Balaban J connectivity index is 0.00000192. The van der Waals surface area contributed by atoms with Crippen LogP contribution in [0.2, 0.25) is 0 Å². The Bertz CT molecular complexity index is 695.